The topological polar surface area (TPSA) is 52.0 Å². The first-order valence-electron chi connectivity index (χ1n) is 3.43. The Morgan fingerprint density at radius 1 is 1.56 bits per heavy atom. The van der Waals surface area contributed by atoms with E-state index in [9.17, 15) is 0 Å². The Bertz CT molecular complexity index is 79.0. The van der Waals surface area contributed by atoms with Gasteiger partial charge in [0, 0.05) is 12.6 Å². The Kier molecular flexibility index (Phi) is 5.57. The Morgan fingerprint density at radius 3 is 2.67 bits per heavy atom. The lowest BCUT2D eigenvalue weighted by Gasteiger charge is -1.98. The van der Waals surface area contributed by atoms with Crippen LogP contribution in [0.1, 0.15) is 19.8 Å². The largest absolute Gasteiger partial charge is 0.329 e. The third-order valence-corrected chi connectivity index (χ3v) is 1.11. The van der Waals surface area contributed by atoms with Crippen LogP contribution in [0.2, 0.25) is 0 Å². The molecule has 0 aliphatic heterocycles. The number of allylic oxidation sites excluding steroid dienone is 1. The first-order valence-corrected chi connectivity index (χ1v) is 3.43. The number of hydrogen-bond donors (Lipinski definition) is 2. The monoisotopic (exact) mass is 128 g/mol. The van der Waals surface area contributed by atoms with E-state index in [1.165, 1.54) is 6.42 Å². The van der Waals surface area contributed by atoms with Crippen molar-refractivity contribution in [2.75, 3.05) is 6.54 Å². The summed E-state index contributed by atoms with van der Waals surface area (Å²) in [6.07, 6.45) is 6.32. The molecule has 0 spiro atoms. The maximum atomic E-state index is 5.50. The van der Waals surface area contributed by atoms with E-state index in [2.05, 4.69) is 13.0 Å². The number of rotatable bonds is 4. The standard InChI is InChI=1S/C7H16N2/c1-2-3-4-5-7(9)6-8/h4-5,7H,2-3,6,8-9H2,1H3/b5-4+. The molecule has 2 nitrogen and oxygen atoms in total. The molecular formula is C7H16N2. The number of unbranched alkanes of at least 4 members (excludes halogenated alkanes) is 1. The molecule has 0 aromatic carbocycles. The van der Waals surface area contributed by atoms with Crippen molar-refractivity contribution < 1.29 is 0 Å². The Hall–Kier alpha value is -0.340. The summed E-state index contributed by atoms with van der Waals surface area (Å²) in [6, 6.07) is 0.0524. The number of hydrogen-bond acceptors (Lipinski definition) is 2. The molecular weight excluding hydrogens is 112 g/mol. The van der Waals surface area contributed by atoms with Gasteiger partial charge in [-0.05, 0) is 6.42 Å². The minimum atomic E-state index is 0.0524. The first kappa shape index (κ1) is 8.66. The highest BCUT2D eigenvalue weighted by molar-refractivity contribution is 4.91. The van der Waals surface area contributed by atoms with E-state index in [1.54, 1.807) is 0 Å². The molecule has 2 heteroatoms. The molecule has 0 bridgehead atoms. The molecule has 0 aliphatic carbocycles. The average molecular weight is 128 g/mol. The van der Waals surface area contributed by atoms with Crippen LogP contribution in [-0.2, 0) is 0 Å². The fraction of sp³-hybridized carbons (Fsp3) is 0.714. The van der Waals surface area contributed by atoms with Crippen LogP contribution < -0.4 is 11.5 Å². The lowest BCUT2D eigenvalue weighted by atomic mass is 10.2. The van der Waals surface area contributed by atoms with Gasteiger partial charge >= 0.3 is 0 Å². The molecule has 0 saturated heterocycles. The predicted octanol–water partition coefficient (Wildman–Crippen LogP) is 0.629. The van der Waals surface area contributed by atoms with Crippen LogP contribution in [0.15, 0.2) is 12.2 Å². The highest BCUT2D eigenvalue weighted by Gasteiger charge is 1.87. The SMILES string of the molecule is CCC/C=C/C(N)CN. The highest BCUT2D eigenvalue weighted by atomic mass is 14.7. The summed E-state index contributed by atoms with van der Waals surface area (Å²) < 4.78 is 0. The van der Waals surface area contributed by atoms with Crippen LogP contribution in [0.4, 0.5) is 0 Å². The lowest BCUT2D eigenvalue weighted by Crippen LogP contribution is -2.26. The van der Waals surface area contributed by atoms with Crippen molar-refractivity contribution in [1.82, 2.24) is 0 Å². The van der Waals surface area contributed by atoms with Crippen LogP contribution in [0.3, 0.4) is 0 Å². The van der Waals surface area contributed by atoms with E-state index >= 15 is 0 Å². The Balaban J connectivity index is 3.20. The van der Waals surface area contributed by atoms with Gasteiger partial charge in [-0.3, -0.25) is 0 Å². The smallest absolute Gasteiger partial charge is 0.0348 e. The van der Waals surface area contributed by atoms with Crippen molar-refractivity contribution in [3.05, 3.63) is 12.2 Å². The first-order chi connectivity index (χ1) is 4.31. The second kappa shape index (κ2) is 5.79. The molecule has 9 heavy (non-hydrogen) atoms. The molecule has 0 radical (unpaired) electrons. The van der Waals surface area contributed by atoms with Gasteiger partial charge in [-0.15, -0.1) is 0 Å². The van der Waals surface area contributed by atoms with E-state index < -0.39 is 0 Å². The van der Waals surface area contributed by atoms with Crippen LogP contribution in [0.25, 0.3) is 0 Å². The fourth-order valence-electron chi connectivity index (χ4n) is 0.516. The van der Waals surface area contributed by atoms with Crippen molar-refractivity contribution in [3.8, 4) is 0 Å². The molecule has 0 aromatic heterocycles. The minimum absolute atomic E-state index is 0.0524. The van der Waals surface area contributed by atoms with Gasteiger partial charge in [0.25, 0.3) is 0 Å². The van der Waals surface area contributed by atoms with Gasteiger partial charge in [-0.1, -0.05) is 25.5 Å². The zero-order valence-electron chi connectivity index (χ0n) is 6.01. The summed E-state index contributed by atoms with van der Waals surface area (Å²) in [7, 11) is 0. The Morgan fingerprint density at radius 2 is 2.22 bits per heavy atom. The van der Waals surface area contributed by atoms with Crippen molar-refractivity contribution >= 4 is 0 Å². The quantitative estimate of drug-likeness (QED) is 0.545. The lowest BCUT2D eigenvalue weighted by molar-refractivity contribution is 0.815. The predicted molar refractivity (Wildman–Crippen MR) is 41.1 cm³/mol. The fourth-order valence-corrected chi connectivity index (χ4v) is 0.516. The maximum Gasteiger partial charge on any atom is 0.0348 e. The normalized spacial score (nSPS) is 14.6. The van der Waals surface area contributed by atoms with Gasteiger partial charge in [0.15, 0.2) is 0 Å². The van der Waals surface area contributed by atoms with E-state index in [-0.39, 0.29) is 6.04 Å². The summed E-state index contributed by atoms with van der Waals surface area (Å²) in [5.41, 5.74) is 10.8. The molecule has 4 N–H and O–H groups in total. The molecule has 0 aliphatic rings. The van der Waals surface area contributed by atoms with E-state index in [1.807, 2.05) is 6.08 Å². The number of nitrogens with two attached hydrogens (primary N) is 2. The molecule has 0 heterocycles. The summed E-state index contributed by atoms with van der Waals surface area (Å²) in [6.45, 7) is 2.68. The van der Waals surface area contributed by atoms with Crippen molar-refractivity contribution in [3.63, 3.8) is 0 Å². The van der Waals surface area contributed by atoms with Crippen LogP contribution in [-0.4, -0.2) is 12.6 Å². The average Bonchev–Trinajstić information content (AvgIpc) is 1.89. The third-order valence-electron chi connectivity index (χ3n) is 1.11. The second-order valence-electron chi connectivity index (χ2n) is 2.12. The van der Waals surface area contributed by atoms with Gasteiger partial charge in [0.2, 0.25) is 0 Å². The molecule has 1 unspecified atom stereocenters. The van der Waals surface area contributed by atoms with Crippen LogP contribution in [0, 0.1) is 0 Å². The molecule has 0 fully saturated rings. The summed E-state index contributed by atoms with van der Waals surface area (Å²) in [5, 5.41) is 0. The van der Waals surface area contributed by atoms with Gasteiger partial charge in [-0.2, -0.15) is 0 Å². The van der Waals surface area contributed by atoms with Crippen LogP contribution >= 0.6 is 0 Å². The van der Waals surface area contributed by atoms with Gasteiger partial charge in [0.1, 0.15) is 0 Å². The van der Waals surface area contributed by atoms with Crippen molar-refractivity contribution in [1.29, 1.82) is 0 Å². The van der Waals surface area contributed by atoms with E-state index in [4.69, 9.17) is 11.5 Å². The van der Waals surface area contributed by atoms with E-state index in [0.717, 1.165) is 6.42 Å². The molecule has 0 amide bonds. The molecule has 0 rings (SSSR count). The maximum absolute atomic E-state index is 5.50. The van der Waals surface area contributed by atoms with Gasteiger partial charge < -0.3 is 11.5 Å². The van der Waals surface area contributed by atoms with Crippen molar-refractivity contribution in [2.24, 2.45) is 11.5 Å². The molecule has 54 valence electrons. The molecule has 0 aromatic rings. The zero-order chi connectivity index (χ0) is 7.11. The second-order valence-corrected chi connectivity index (χ2v) is 2.12. The zero-order valence-corrected chi connectivity index (χ0v) is 6.01. The third kappa shape index (κ3) is 5.53. The summed E-state index contributed by atoms with van der Waals surface area (Å²) >= 11 is 0. The van der Waals surface area contributed by atoms with Crippen LogP contribution in [0.5, 0.6) is 0 Å². The van der Waals surface area contributed by atoms with E-state index in [0.29, 0.717) is 6.54 Å². The summed E-state index contributed by atoms with van der Waals surface area (Å²) in [4.78, 5) is 0. The highest BCUT2D eigenvalue weighted by Crippen LogP contribution is 1.88. The summed E-state index contributed by atoms with van der Waals surface area (Å²) in [5.74, 6) is 0. The van der Waals surface area contributed by atoms with Gasteiger partial charge in [0.05, 0.1) is 0 Å². The minimum Gasteiger partial charge on any atom is -0.329 e. The molecule has 1 atom stereocenters. The molecule has 0 saturated carbocycles. The van der Waals surface area contributed by atoms with Gasteiger partial charge in [-0.25, -0.2) is 0 Å². The van der Waals surface area contributed by atoms with Crippen molar-refractivity contribution in [2.45, 2.75) is 25.8 Å². The Labute approximate surface area is 56.9 Å².